The molecule has 2 amide bonds. The van der Waals surface area contributed by atoms with E-state index in [4.69, 9.17) is 9.84 Å². The van der Waals surface area contributed by atoms with Crippen molar-refractivity contribution in [1.82, 2.24) is 4.90 Å². The number of benzene rings is 2. The molecule has 1 unspecified atom stereocenters. The molecule has 0 radical (unpaired) electrons. The molecule has 1 aliphatic rings. The van der Waals surface area contributed by atoms with Gasteiger partial charge < -0.3 is 20.1 Å². The number of carboxylic acid groups (broad SMARTS) is 1. The largest absolute Gasteiger partial charge is 0.481 e. The van der Waals surface area contributed by atoms with Crippen LogP contribution in [0.25, 0.3) is 0 Å². The average Bonchev–Trinajstić information content (AvgIpc) is 2.68. The molecule has 2 aromatic carbocycles. The van der Waals surface area contributed by atoms with Crippen molar-refractivity contribution in [2.45, 2.75) is 12.5 Å². The highest BCUT2D eigenvalue weighted by atomic mass is 19.1. The molecule has 28 heavy (non-hydrogen) atoms. The van der Waals surface area contributed by atoms with E-state index in [1.165, 1.54) is 29.2 Å². The van der Waals surface area contributed by atoms with Gasteiger partial charge >= 0.3 is 5.97 Å². The molecular formula is C20H19FN2O5. The minimum absolute atomic E-state index is 0.169. The predicted molar refractivity (Wildman–Crippen MR) is 98.7 cm³/mol. The summed E-state index contributed by atoms with van der Waals surface area (Å²) >= 11 is 0. The Labute approximate surface area is 160 Å². The summed E-state index contributed by atoms with van der Waals surface area (Å²) in [7, 11) is 0. The lowest BCUT2D eigenvalue weighted by Gasteiger charge is -2.32. The lowest BCUT2D eigenvalue weighted by Crippen LogP contribution is -2.46. The fraction of sp³-hybridized carbons (Fsp3) is 0.250. The molecule has 1 fully saturated rings. The van der Waals surface area contributed by atoms with E-state index >= 15 is 0 Å². The first kappa shape index (κ1) is 19.5. The van der Waals surface area contributed by atoms with Gasteiger partial charge in [-0.25, -0.2) is 4.39 Å². The summed E-state index contributed by atoms with van der Waals surface area (Å²) in [6.07, 6.45) is -0.714. The van der Waals surface area contributed by atoms with Gasteiger partial charge in [0.15, 0.2) is 0 Å². The topological polar surface area (TPSA) is 95.9 Å². The van der Waals surface area contributed by atoms with Gasteiger partial charge in [-0.05, 0) is 42.5 Å². The van der Waals surface area contributed by atoms with Gasteiger partial charge in [-0.2, -0.15) is 0 Å². The van der Waals surface area contributed by atoms with E-state index in [2.05, 4.69) is 5.32 Å². The molecule has 0 aliphatic carbocycles. The maximum atomic E-state index is 13.0. The fourth-order valence-electron chi connectivity index (χ4n) is 2.94. The number of morpholine rings is 1. The van der Waals surface area contributed by atoms with Gasteiger partial charge in [-0.1, -0.05) is 6.07 Å². The Balaban J connectivity index is 1.68. The van der Waals surface area contributed by atoms with Crippen LogP contribution in [0, 0.1) is 5.82 Å². The van der Waals surface area contributed by atoms with E-state index < -0.39 is 23.8 Å². The number of hydrogen-bond acceptors (Lipinski definition) is 4. The summed E-state index contributed by atoms with van der Waals surface area (Å²) in [5, 5.41) is 11.6. The van der Waals surface area contributed by atoms with E-state index in [0.717, 1.165) is 0 Å². The third-order valence-electron chi connectivity index (χ3n) is 4.30. The normalized spacial score (nSPS) is 16.5. The zero-order chi connectivity index (χ0) is 20.1. The van der Waals surface area contributed by atoms with Gasteiger partial charge in [-0.3, -0.25) is 14.4 Å². The number of ether oxygens (including phenoxy) is 1. The highest BCUT2D eigenvalue weighted by molar-refractivity contribution is 6.05. The lowest BCUT2D eigenvalue weighted by molar-refractivity contribution is -0.141. The third-order valence-corrected chi connectivity index (χ3v) is 4.30. The molecule has 2 N–H and O–H groups in total. The quantitative estimate of drug-likeness (QED) is 0.823. The molecule has 0 spiro atoms. The number of carboxylic acids is 1. The number of nitrogens with one attached hydrogen (secondary N) is 1. The number of anilines is 1. The molecule has 8 heteroatoms. The number of halogens is 1. The summed E-state index contributed by atoms with van der Waals surface area (Å²) in [4.78, 5) is 37.4. The summed E-state index contributed by atoms with van der Waals surface area (Å²) in [6, 6.07) is 11.6. The second-order valence-electron chi connectivity index (χ2n) is 6.38. The molecular weight excluding hydrogens is 367 g/mol. The summed E-state index contributed by atoms with van der Waals surface area (Å²) in [5.41, 5.74) is 1.09. The van der Waals surface area contributed by atoms with Crippen LogP contribution in [-0.2, 0) is 9.53 Å². The van der Waals surface area contributed by atoms with E-state index in [1.807, 2.05) is 0 Å². The second kappa shape index (κ2) is 8.62. The number of hydrogen-bond donors (Lipinski definition) is 2. The number of carbonyl (C=O) groups excluding carboxylic acids is 2. The Hall–Kier alpha value is -3.26. The molecule has 1 aliphatic heterocycles. The molecule has 1 heterocycles. The minimum Gasteiger partial charge on any atom is -0.481 e. The average molecular weight is 386 g/mol. The first-order valence-electron chi connectivity index (χ1n) is 8.72. The van der Waals surface area contributed by atoms with Crippen LogP contribution >= 0.6 is 0 Å². The Morgan fingerprint density at radius 1 is 1.14 bits per heavy atom. The van der Waals surface area contributed by atoms with Crippen LogP contribution in [0.5, 0.6) is 0 Å². The molecule has 0 aromatic heterocycles. The van der Waals surface area contributed by atoms with Crippen LogP contribution < -0.4 is 5.32 Å². The number of carbonyl (C=O) groups is 3. The zero-order valence-electron chi connectivity index (χ0n) is 14.9. The Morgan fingerprint density at radius 3 is 2.61 bits per heavy atom. The smallest absolute Gasteiger partial charge is 0.306 e. The Kier molecular flexibility index (Phi) is 6.00. The lowest BCUT2D eigenvalue weighted by atomic mass is 10.1. The molecule has 146 valence electrons. The molecule has 2 aromatic rings. The maximum absolute atomic E-state index is 13.0. The fourth-order valence-corrected chi connectivity index (χ4v) is 2.94. The van der Waals surface area contributed by atoms with Gasteiger partial charge in [0.2, 0.25) is 0 Å². The van der Waals surface area contributed by atoms with Crippen molar-refractivity contribution in [3.63, 3.8) is 0 Å². The van der Waals surface area contributed by atoms with Crippen LogP contribution in [0.3, 0.4) is 0 Å². The summed E-state index contributed by atoms with van der Waals surface area (Å²) in [5.74, 6) is -2.10. The molecule has 1 atom stereocenters. The standard InChI is InChI=1S/C20H19FN2O5/c21-15-6-4-13(5-7-15)19(26)22-16-3-1-2-14(10-16)20(27)23-8-9-28-17(12-23)11-18(24)25/h1-7,10,17H,8-9,11-12H2,(H,22,26)(H,24,25). The molecule has 7 nitrogen and oxygen atoms in total. The Morgan fingerprint density at radius 2 is 1.89 bits per heavy atom. The SMILES string of the molecule is O=C(O)CC1CN(C(=O)c2cccc(NC(=O)c3ccc(F)cc3)c2)CCO1. The van der Waals surface area contributed by atoms with Crippen molar-refractivity contribution >= 4 is 23.5 Å². The van der Waals surface area contributed by atoms with Gasteiger partial charge in [0.05, 0.1) is 19.1 Å². The van der Waals surface area contributed by atoms with Gasteiger partial charge in [0.1, 0.15) is 5.82 Å². The maximum Gasteiger partial charge on any atom is 0.306 e. The van der Waals surface area contributed by atoms with Crippen molar-refractivity contribution in [2.24, 2.45) is 0 Å². The van der Waals surface area contributed by atoms with E-state index in [0.29, 0.717) is 23.4 Å². The number of aliphatic carboxylic acids is 1. The van der Waals surface area contributed by atoms with Crippen LogP contribution in [0.1, 0.15) is 27.1 Å². The molecule has 0 bridgehead atoms. The van der Waals surface area contributed by atoms with Crippen LogP contribution in [0.15, 0.2) is 48.5 Å². The van der Waals surface area contributed by atoms with Crippen LogP contribution in [0.2, 0.25) is 0 Å². The minimum atomic E-state index is -0.982. The second-order valence-corrected chi connectivity index (χ2v) is 6.38. The summed E-state index contributed by atoms with van der Waals surface area (Å²) < 4.78 is 18.4. The number of nitrogens with zero attached hydrogens (tertiary/aromatic N) is 1. The highest BCUT2D eigenvalue weighted by Crippen LogP contribution is 2.17. The van der Waals surface area contributed by atoms with E-state index in [9.17, 15) is 18.8 Å². The van der Waals surface area contributed by atoms with Crippen LogP contribution in [-0.4, -0.2) is 53.6 Å². The molecule has 1 saturated heterocycles. The molecule has 3 rings (SSSR count). The van der Waals surface area contributed by atoms with Crippen molar-refractivity contribution in [2.75, 3.05) is 25.0 Å². The van der Waals surface area contributed by atoms with Crippen LogP contribution in [0.4, 0.5) is 10.1 Å². The summed E-state index contributed by atoms with van der Waals surface area (Å²) in [6.45, 7) is 0.823. The number of amides is 2. The highest BCUT2D eigenvalue weighted by Gasteiger charge is 2.26. The van der Waals surface area contributed by atoms with E-state index in [-0.39, 0.29) is 25.5 Å². The van der Waals surface area contributed by atoms with Crippen molar-refractivity contribution in [3.05, 3.63) is 65.5 Å². The first-order valence-corrected chi connectivity index (χ1v) is 8.72. The number of rotatable bonds is 5. The zero-order valence-corrected chi connectivity index (χ0v) is 14.9. The Bertz CT molecular complexity index is 884. The van der Waals surface area contributed by atoms with Crippen molar-refractivity contribution in [3.8, 4) is 0 Å². The van der Waals surface area contributed by atoms with Gasteiger partial charge in [0.25, 0.3) is 11.8 Å². The van der Waals surface area contributed by atoms with Crippen molar-refractivity contribution < 1.29 is 28.6 Å². The third kappa shape index (κ3) is 4.92. The van der Waals surface area contributed by atoms with Gasteiger partial charge in [-0.15, -0.1) is 0 Å². The molecule has 0 saturated carbocycles. The van der Waals surface area contributed by atoms with Crippen molar-refractivity contribution in [1.29, 1.82) is 0 Å². The monoisotopic (exact) mass is 386 g/mol. The van der Waals surface area contributed by atoms with E-state index in [1.54, 1.807) is 24.3 Å². The van der Waals surface area contributed by atoms with Gasteiger partial charge in [0, 0.05) is 29.9 Å². The predicted octanol–water partition coefficient (Wildman–Crippen LogP) is 2.39. The first-order chi connectivity index (χ1) is 13.4.